The zero-order chi connectivity index (χ0) is 11.4. The van der Waals surface area contributed by atoms with Gasteiger partial charge in [-0.05, 0) is 36.8 Å². The second-order valence-electron chi connectivity index (χ2n) is 5.79. The predicted molar refractivity (Wildman–Crippen MR) is 65.4 cm³/mol. The molecule has 3 rings (SSSR count). The topological polar surface area (TPSA) is 13.1 Å². The highest BCUT2D eigenvalue weighted by molar-refractivity contribution is 5.49. The normalized spacial score (nSPS) is 30.6. The van der Waals surface area contributed by atoms with Crippen LogP contribution in [0.25, 0.3) is 0 Å². The van der Waals surface area contributed by atoms with Crippen molar-refractivity contribution in [2.75, 3.05) is 0 Å². The van der Waals surface area contributed by atoms with Gasteiger partial charge in [0.1, 0.15) is 5.76 Å². The summed E-state index contributed by atoms with van der Waals surface area (Å²) in [5.41, 5.74) is 3.10. The zero-order valence-electron chi connectivity index (χ0n) is 10.2. The van der Waals surface area contributed by atoms with Gasteiger partial charge in [0.2, 0.25) is 0 Å². The second-order valence-corrected chi connectivity index (χ2v) is 5.79. The van der Waals surface area contributed by atoms with E-state index in [1.807, 2.05) is 6.26 Å². The number of furan rings is 1. The van der Waals surface area contributed by atoms with E-state index in [2.05, 4.69) is 45.1 Å². The molecule has 1 heteroatoms. The van der Waals surface area contributed by atoms with Crippen LogP contribution in [0.4, 0.5) is 0 Å². The SMILES string of the molecule is CC1(C)CC=CC2(C)C1=CCc1ccoc12. The van der Waals surface area contributed by atoms with Crippen molar-refractivity contribution in [3.8, 4) is 0 Å². The van der Waals surface area contributed by atoms with E-state index in [0.717, 1.165) is 18.6 Å². The number of allylic oxidation sites excluding steroid dienone is 4. The average molecular weight is 214 g/mol. The van der Waals surface area contributed by atoms with Crippen molar-refractivity contribution in [2.24, 2.45) is 5.41 Å². The van der Waals surface area contributed by atoms with Crippen molar-refractivity contribution in [3.63, 3.8) is 0 Å². The lowest BCUT2D eigenvalue weighted by atomic mass is 9.60. The molecule has 2 aliphatic rings. The van der Waals surface area contributed by atoms with Crippen molar-refractivity contribution < 1.29 is 4.42 Å². The van der Waals surface area contributed by atoms with Gasteiger partial charge in [-0.1, -0.05) is 37.6 Å². The molecule has 1 nitrogen and oxygen atoms in total. The number of fused-ring (bicyclic) bond motifs is 3. The molecule has 16 heavy (non-hydrogen) atoms. The van der Waals surface area contributed by atoms with E-state index in [0.29, 0.717) is 0 Å². The summed E-state index contributed by atoms with van der Waals surface area (Å²) < 4.78 is 5.73. The summed E-state index contributed by atoms with van der Waals surface area (Å²) in [7, 11) is 0. The molecular weight excluding hydrogens is 196 g/mol. The highest BCUT2D eigenvalue weighted by Crippen LogP contribution is 2.51. The minimum atomic E-state index is -0.0150. The molecule has 0 aromatic carbocycles. The third-order valence-corrected chi connectivity index (χ3v) is 4.11. The molecule has 2 aliphatic carbocycles. The Morgan fingerprint density at radius 3 is 2.88 bits per heavy atom. The van der Waals surface area contributed by atoms with Crippen molar-refractivity contribution in [2.45, 2.75) is 39.0 Å². The van der Waals surface area contributed by atoms with Crippen LogP contribution in [0.5, 0.6) is 0 Å². The van der Waals surface area contributed by atoms with Gasteiger partial charge < -0.3 is 4.42 Å². The van der Waals surface area contributed by atoms with E-state index in [1.165, 1.54) is 11.1 Å². The van der Waals surface area contributed by atoms with Gasteiger partial charge in [0, 0.05) is 0 Å². The molecule has 1 unspecified atom stereocenters. The van der Waals surface area contributed by atoms with Crippen molar-refractivity contribution >= 4 is 0 Å². The van der Waals surface area contributed by atoms with Crippen molar-refractivity contribution in [1.29, 1.82) is 0 Å². The highest BCUT2D eigenvalue weighted by Gasteiger charge is 2.44. The van der Waals surface area contributed by atoms with E-state index in [1.54, 1.807) is 0 Å². The van der Waals surface area contributed by atoms with Gasteiger partial charge in [-0.25, -0.2) is 0 Å². The fourth-order valence-corrected chi connectivity index (χ4v) is 3.34. The van der Waals surface area contributed by atoms with Gasteiger partial charge in [-0.3, -0.25) is 0 Å². The lowest BCUT2D eigenvalue weighted by Crippen LogP contribution is -2.36. The van der Waals surface area contributed by atoms with E-state index < -0.39 is 0 Å². The van der Waals surface area contributed by atoms with Gasteiger partial charge in [0.05, 0.1) is 11.7 Å². The Hall–Kier alpha value is -1.24. The van der Waals surface area contributed by atoms with Gasteiger partial charge in [0.25, 0.3) is 0 Å². The van der Waals surface area contributed by atoms with E-state index in [4.69, 9.17) is 4.42 Å². The summed E-state index contributed by atoms with van der Waals surface area (Å²) in [5, 5.41) is 0. The highest BCUT2D eigenvalue weighted by atomic mass is 16.3. The number of hydrogen-bond acceptors (Lipinski definition) is 1. The molecule has 0 fully saturated rings. The van der Waals surface area contributed by atoms with E-state index in [9.17, 15) is 0 Å². The molecular formula is C15H18O. The van der Waals surface area contributed by atoms with Crippen LogP contribution in [0, 0.1) is 5.41 Å². The number of hydrogen-bond donors (Lipinski definition) is 0. The molecule has 0 saturated carbocycles. The lowest BCUT2D eigenvalue weighted by molar-refractivity contribution is 0.336. The molecule has 1 atom stereocenters. The molecule has 0 aliphatic heterocycles. The third-order valence-electron chi connectivity index (χ3n) is 4.11. The molecule has 84 valence electrons. The molecule has 0 bridgehead atoms. The molecule has 0 amide bonds. The minimum Gasteiger partial charge on any atom is -0.468 e. The molecule has 0 spiro atoms. The maximum absolute atomic E-state index is 5.73. The summed E-state index contributed by atoms with van der Waals surface area (Å²) in [4.78, 5) is 0. The Morgan fingerprint density at radius 2 is 2.06 bits per heavy atom. The Labute approximate surface area is 96.8 Å². The summed E-state index contributed by atoms with van der Waals surface area (Å²) in [6.45, 7) is 6.93. The van der Waals surface area contributed by atoms with Crippen LogP contribution in [-0.2, 0) is 11.8 Å². The maximum Gasteiger partial charge on any atom is 0.120 e. The lowest BCUT2D eigenvalue weighted by Gasteiger charge is -2.43. The Bertz CT molecular complexity index is 487. The molecule has 0 radical (unpaired) electrons. The molecule has 0 N–H and O–H groups in total. The Morgan fingerprint density at radius 1 is 1.25 bits per heavy atom. The van der Waals surface area contributed by atoms with Gasteiger partial charge in [0.15, 0.2) is 0 Å². The van der Waals surface area contributed by atoms with E-state index in [-0.39, 0.29) is 10.8 Å². The largest absolute Gasteiger partial charge is 0.468 e. The quantitative estimate of drug-likeness (QED) is 0.595. The van der Waals surface area contributed by atoms with Crippen LogP contribution in [-0.4, -0.2) is 0 Å². The van der Waals surface area contributed by atoms with Crippen molar-refractivity contribution in [1.82, 2.24) is 0 Å². The summed E-state index contributed by atoms with van der Waals surface area (Å²) in [5.74, 6) is 1.15. The smallest absolute Gasteiger partial charge is 0.120 e. The van der Waals surface area contributed by atoms with E-state index >= 15 is 0 Å². The van der Waals surface area contributed by atoms with Crippen LogP contribution in [0.3, 0.4) is 0 Å². The molecule has 1 aromatic heterocycles. The van der Waals surface area contributed by atoms with Gasteiger partial charge in [-0.2, -0.15) is 0 Å². The summed E-state index contributed by atoms with van der Waals surface area (Å²) in [6.07, 6.45) is 11.0. The van der Waals surface area contributed by atoms with Crippen LogP contribution in [0.15, 0.2) is 40.5 Å². The van der Waals surface area contributed by atoms with Crippen LogP contribution < -0.4 is 0 Å². The first-order valence-electron chi connectivity index (χ1n) is 6.00. The van der Waals surface area contributed by atoms with Crippen LogP contribution in [0.1, 0.15) is 38.5 Å². The fraction of sp³-hybridized carbons (Fsp3) is 0.467. The number of rotatable bonds is 0. The summed E-state index contributed by atoms with van der Waals surface area (Å²) in [6, 6.07) is 2.10. The van der Waals surface area contributed by atoms with Crippen LogP contribution >= 0.6 is 0 Å². The fourth-order valence-electron chi connectivity index (χ4n) is 3.34. The monoisotopic (exact) mass is 214 g/mol. The Kier molecular flexibility index (Phi) is 1.81. The third kappa shape index (κ3) is 1.12. The molecule has 0 saturated heterocycles. The van der Waals surface area contributed by atoms with Gasteiger partial charge >= 0.3 is 0 Å². The predicted octanol–water partition coefficient (Wildman–Crippen LogP) is 4.01. The standard InChI is InChI=1S/C15H18O/c1-14(2)8-4-9-15(3)12(14)6-5-11-7-10-16-13(11)15/h4,6-7,9-10H,5,8H2,1-3H3. The second kappa shape index (κ2) is 2.91. The van der Waals surface area contributed by atoms with Crippen LogP contribution in [0.2, 0.25) is 0 Å². The summed E-state index contributed by atoms with van der Waals surface area (Å²) >= 11 is 0. The van der Waals surface area contributed by atoms with Gasteiger partial charge in [-0.15, -0.1) is 0 Å². The first-order valence-corrected chi connectivity index (χ1v) is 6.00. The zero-order valence-corrected chi connectivity index (χ0v) is 10.2. The maximum atomic E-state index is 5.73. The first kappa shape index (κ1) is 9.95. The van der Waals surface area contributed by atoms with Crippen molar-refractivity contribution in [3.05, 3.63) is 47.5 Å². The molecule has 1 heterocycles. The first-order chi connectivity index (χ1) is 7.54. The minimum absolute atomic E-state index is 0.0150. The average Bonchev–Trinajstić information content (AvgIpc) is 2.65. The molecule has 1 aromatic rings. The Balaban J connectivity index is 2.23.